The second kappa shape index (κ2) is 6.52. The van der Waals surface area contributed by atoms with Gasteiger partial charge < -0.3 is 10.2 Å². The largest absolute Gasteiger partial charge is 0.359 e. The summed E-state index contributed by atoms with van der Waals surface area (Å²) in [5, 5.41) is 7.92. The third-order valence-electron chi connectivity index (χ3n) is 4.62. The quantitative estimate of drug-likeness (QED) is 0.906. The van der Waals surface area contributed by atoms with Crippen LogP contribution in [0.25, 0.3) is 11.0 Å². The lowest BCUT2D eigenvalue weighted by atomic mass is 10.1. The molecule has 0 saturated heterocycles. The number of rotatable bonds is 5. The molecule has 0 radical (unpaired) electrons. The Labute approximate surface area is 136 Å². The number of fused-ring (bicyclic) bond motifs is 1. The highest BCUT2D eigenvalue weighted by Crippen LogP contribution is 2.34. The van der Waals surface area contributed by atoms with Crippen LogP contribution < -0.4 is 10.2 Å². The van der Waals surface area contributed by atoms with Crippen molar-refractivity contribution in [2.45, 2.75) is 38.0 Å². The Morgan fingerprint density at radius 2 is 2.13 bits per heavy atom. The standard InChI is InChI=1S/C16H24N6O/c1-17-13(23)8-9-21(2)15-12-10-18-22(3)16(12)20-14(19-15)11-6-4-5-7-11/h10-11H,4-9H2,1-3H3,(H,17,23). The third kappa shape index (κ3) is 3.13. The van der Waals surface area contributed by atoms with Crippen LogP contribution >= 0.6 is 0 Å². The normalized spacial score (nSPS) is 15.3. The number of carbonyl (C=O) groups is 1. The first kappa shape index (κ1) is 15.7. The van der Waals surface area contributed by atoms with Gasteiger partial charge in [0.05, 0.1) is 11.6 Å². The van der Waals surface area contributed by atoms with Crippen LogP contribution in [-0.4, -0.2) is 46.3 Å². The Morgan fingerprint density at radius 3 is 2.83 bits per heavy atom. The van der Waals surface area contributed by atoms with E-state index in [0.717, 1.165) is 35.5 Å². The van der Waals surface area contributed by atoms with Crippen molar-refractivity contribution in [1.82, 2.24) is 25.1 Å². The van der Waals surface area contributed by atoms with Gasteiger partial charge in [-0.25, -0.2) is 9.97 Å². The SMILES string of the molecule is CNC(=O)CCN(C)c1nc(C2CCCC2)nc2c1cnn2C. The van der Waals surface area contributed by atoms with Gasteiger partial charge in [-0.1, -0.05) is 12.8 Å². The summed E-state index contributed by atoms with van der Waals surface area (Å²) in [6.45, 7) is 0.616. The summed E-state index contributed by atoms with van der Waals surface area (Å²) in [5.41, 5.74) is 0.865. The van der Waals surface area contributed by atoms with Crippen LogP contribution in [0.1, 0.15) is 43.8 Å². The van der Waals surface area contributed by atoms with Crippen molar-refractivity contribution in [3.8, 4) is 0 Å². The van der Waals surface area contributed by atoms with Crippen molar-refractivity contribution in [1.29, 1.82) is 0 Å². The Hall–Kier alpha value is -2.18. The maximum absolute atomic E-state index is 11.5. The average Bonchev–Trinajstić information content (AvgIpc) is 3.22. The number of hydrogen-bond acceptors (Lipinski definition) is 5. The van der Waals surface area contributed by atoms with Crippen LogP contribution in [0.4, 0.5) is 5.82 Å². The highest BCUT2D eigenvalue weighted by molar-refractivity contribution is 5.87. The van der Waals surface area contributed by atoms with E-state index in [9.17, 15) is 4.79 Å². The lowest BCUT2D eigenvalue weighted by molar-refractivity contribution is -0.120. The molecule has 0 bridgehead atoms. The van der Waals surface area contributed by atoms with Crippen molar-refractivity contribution in [2.75, 3.05) is 25.5 Å². The number of nitrogens with zero attached hydrogens (tertiary/aromatic N) is 5. The highest BCUT2D eigenvalue weighted by Gasteiger charge is 2.23. The minimum Gasteiger partial charge on any atom is -0.359 e. The summed E-state index contributed by atoms with van der Waals surface area (Å²) >= 11 is 0. The van der Waals surface area contributed by atoms with Gasteiger partial charge in [0.25, 0.3) is 0 Å². The molecular weight excluding hydrogens is 292 g/mol. The van der Waals surface area contributed by atoms with Gasteiger partial charge in [-0.05, 0) is 12.8 Å². The third-order valence-corrected chi connectivity index (χ3v) is 4.62. The van der Waals surface area contributed by atoms with Gasteiger partial charge in [-0.2, -0.15) is 5.10 Å². The zero-order valence-electron chi connectivity index (χ0n) is 14.0. The smallest absolute Gasteiger partial charge is 0.221 e. The molecule has 0 aliphatic heterocycles. The van der Waals surface area contributed by atoms with Crippen LogP contribution in [0.5, 0.6) is 0 Å². The molecule has 1 N–H and O–H groups in total. The minimum atomic E-state index is 0.0318. The van der Waals surface area contributed by atoms with Crippen LogP contribution in [0, 0.1) is 0 Å². The van der Waals surface area contributed by atoms with Crippen molar-refractivity contribution < 1.29 is 4.79 Å². The Bertz CT molecular complexity index is 704. The topological polar surface area (TPSA) is 75.9 Å². The molecule has 7 heteroatoms. The summed E-state index contributed by atoms with van der Waals surface area (Å²) in [6.07, 6.45) is 7.06. The van der Waals surface area contributed by atoms with E-state index in [1.165, 1.54) is 12.8 Å². The van der Waals surface area contributed by atoms with Crippen LogP contribution in [-0.2, 0) is 11.8 Å². The van der Waals surface area contributed by atoms with Gasteiger partial charge in [0.15, 0.2) is 5.65 Å². The van der Waals surface area contributed by atoms with E-state index in [0.29, 0.717) is 18.9 Å². The Morgan fingerprint density at radius 1 is 1.39 bits per heavy atom. The molecule has 7 nitrogen and oxygen atoms in total. The molecular formula is C16H24N6O. The summed E-state index contributed by atoms with van der Waals surface area (Å²) < 4.78 is 1.80. The molecule has 0 spiro atoms. The minimum absolute atomic E-state index is 0.0318. The molecule has 2 heterocycles. The van der Waals surface area contributed by atoms with Crippen molar-refractivity contribution >= 4 is 22.8 Å². The van der Waals surface area contributed by atoms with Crippen molar-refractivity contribution in [3.05, 3.63) is 12.0 Å². The van der Waals surface area contributed by atoms with E-state index in [2.05, 4.69) is 10.4 Å². The Kier molecular flexibility index (Phi) is 4.45. The van der Waals surface area contributed by atoms with Gasteiger partial charge >= 0.3 is 0 Å². The second-order valence-corrected chi connectivity index (χ2v) is 6.24. The lowest BCUT2D eigenvalue weighted by Gasteiger charge is -2.20. The molecule has 124 valence electrons. The number of nitrogens with one attached hydrogen (secondary N) is 1. The van der Waals surface area contributed by atoms with Crippen LogP contribution in [0.3, 0.4) is 0 Å². The van der Waals surface area contributed by atoms with E-state index < -0.39 is 0 Å². The number of hydrogen-bond donors (Lipinski definition) is 1. The number of anilines is 1. The fourth-order valence-electron chi connectivity index (χ4n) is 3.18. The van der Waals surface area contributed by atoms with Gasteiger partial charge in [0, 0.05) is 40.0 Å². The molecule has 0 unspecified atom stereocenters. The molecule has 1 fully saturated rings. The van der Waals surface area contributed by atoms with Crippen LogP contribution in [0.15, 0.2) is 6.20 Å². The number of amides is 1. The Balaban J connectivity index is 1.95. The monoisotopic (exact) mass is 316 g/mol. The molecule has 2 aromatic rings. The van der Waals surface area contributed by atoms with E-state index in [-0.39, 0.29) is 5.91 Å². The zero-order valence-corrected chi connectivity index (χ0v) is 14.0. The van der Waals surface area contributed by atoms with Gasteiger partial charge in [-0.15, -0.1) is 0 Å². The molecule has 0 atom stereocenters. The summed E-state index contributed by atoms with van der Waals surface area (Å²) in [5.74, 6) is 2.26. The van der Waals surface area contributed by atoms with Gasteiger partial charge in [0.2, 0.25) is 5.91 Å². The van der Waals surface area contributed by atoms with Crippen molar-refractivity contribution in [3.63, 3.8) is 0 Å². The summed E-state index contributed by atoms with van der Waals surface area (Å²) in [4.78, 5) is 23.1. The average molecular weight is 316 g/mol. The molecule has 1 aliphatic rings. The predicted octanol–water partition coefficient (Wildman–Crippen LogP) is 1.59. The van der Waals surface area contributed by atoms with Gasteiger partial charge in [-0.3, -0.25) is 9.48 Å². The number of aromatic nitrogens is 4. The number of carbonyl (C=O) groups excluding carboxylic acids is 1. The van der Waals surface area contributed by atoms with Gasteiger partial charge in [0.1, 0.15) is 11.6 Å². The fraction of sp³-hybridized carbons (Fsp3) is 0.625. The molecule has 3 rings (SSSR count). The summed E-state index contributed by atoms with van der Waals surface area (Å²) in [7, 11) is 5.53. The van der Waals surface area contributed by atoms with E-state index >= 15 is 0 Å². The van der Waals surface area contributed by atoms with E-state index in [1.54, 1.807) is 17.9 Å². The predicted molar refractivity (Wildman–Crippen MR) is 89.5 cm³/mol. The molecule has 1 aliphatic carbocycles. The molecule has 1 amide bonds. The van der Waals surface area contributed by atoms with E-state index in [4.69, 9.17) is 9.97 Å². The van der Waals surface area contributed by atoms with Crippen molar-refractivity contribution in [2.24, 2.45) is 7.05 Å². The fourth-order valence-corrected chi connectivity index (χ4v) is 3.18. The molecule has 23 heavy (non-hydrogen) atoms. The maximum atomic E-state index is 11.5. The molecule has 1 saturated carbocycles. The van der Waals surface area contributed by atoms with E-state index in [1.807, 2.05) is 19.0 Å². The van der Waals surface area contributed by atoms with Crippen LogP contribution in [0.2, 0.25) is 0 Å². The molecule has 0 aromatic carbocycles. The lowest BCUT2D eigenvalue weighted by Crippen LogP contribution is -2.27. The second-order valence-electron chi connectivity index (χ2n) is 6.24. The number of aryl methyl sites for hydroxylation is 1. The summed E-state index contributed by atoms with van der Waals surface area (Å²) in [6, 6.07) is 0. The first-order valence-corrected chi connectivity index (χ1v) is 8.21. The zero-order chi connectivity index (χ0) is 16.4. The first-order chi connectivity index (χ1) is 11.1. The maximum Gasteiger partial charge on any atom is 0.221 e. The highest BCUT2D eigenvalue weighted by atomic mass is 16.1. The first-order valence-electron chi connectivity index (χ1n) is 8.21. The molecule has 2 aromatic heterocycles.